The number of hydrogen-bond acceptors (Lipinski definition) is 4. The van der Waals surface area contributed by atoms with E-state index < -0.39 is 11.9 Å². The van der Waals surface area contributed by atoms with E-state index in [0.717, 1.165) is 37.5 Å². The molecule has 0 aliphatic carbocycles. The SMILES string of the molecule is CC(C)CCCCCCCCCCCCC(=O)[O-].CC(C)CCCCCCCCCCCCC(=O)[O-].[Pb+2]. The second-order valence-corrected chi connectivity index (χ2v) is 11.7. The molecule has 0 fully saturated rings. The molecule has 0 rings (SSSR count). The van der Waals surface area contributed by atoms with Crippen LogP contribution >= 0.6 is 0 Å². The summed E-state index contributed by atoms with van der Waals surface area (Å²) >= 11 is 0. The normalized spacial score (nSPS) is 10.8. The Bertz CT molecular complexity index is 424. The predicted molar refractivity (Wildman–Crippen MR) is 156 cm³/mol. The Balaban J connectivity index is -0.000000608. The van der Waals surface area contributed by atoms with Crippen molar-refractivity contribution in [1.82, 2.24) is 0 Å². The van der Waals surface area contributed by atoms with Gasteiger partial charge in [0.1, 0.15) is 0 Å². The van der Waals surface area contributed by atoms with Gasteiger partial charge in [0.25, 0.3) is 0 Å². The number of rotatable bonds is 26. The molecule has 0 aromatic carbocycles. The van der Waals surface area contributed by atoms with Crippen LogP contribution in [0, 0.1) is 11.8 Å². The Morgan fingerprint density at radius 2 is 0.595 bits per heavy atom. The van der Waals surface area contributed by atoms with E-state index in [1.54, 1.807) is 0 Å². The number of hydrogen-bond donors (Lipinski definition) is 0. The maximum Gasteiger partial charge on any atom is 2.00 e. The van der Waals surface area contributed by atoms with Gasteiger partial charge in [-0.3, -0.25) is 0 Å². The number of unbranched alkanes of at least 4 members (excludes halogenated alkanes) is 18. The summed E-state index contributed by atoms with van der Waals surface area (Å²) < 4.78 is 0. The van der Waals surface area contributed by atoms with Crippen LogP contribution in [0.15, 0.2) is 0 Å². The number of carboxylic acids is 2. The molecular weight excluding hydrogens is 656 g/mol. The molecule has 0 saturated heterocycles. The van der Waals surface area contributed by atoms with Gasteiger partial charge >= 0.3 is 27.3 Å². The van der Waals surface area contributed by atoms with Crippen LogP contribution in [0.25, 0.3) is 0 Å². The minimum atomic E-state index is -0.906. The topological polar surface area (TPSA) is 80.3 Å². The predicted octanol–water partition coefficient (Wildman–Crippen LogP) is 7.77. The van der Waals surface area contributed by atoms with Gasteiger partial charge in [-0.15, -0.1) is 0 Å². The minimum absolute atomic E-state index is 0. The molecule has 0 aromatic rings. The van der Waals surface area contributed by atoms with Gasteiger partial charge in [0.15, 0.2) is 0 Å². The summed E-state index contributed by atoms with van der Waals surface area (Å²) in [6.45, 7) is 9.17. The second kappa shape index (κ2) is 33.9. The average molecular weight is 718 g/mol. The summed E-state index contributed by atoms with van der Waals surface area (Å²) in [5.41, 5.74) is 0. The molecule has 0 aliphatic heterocycles. The molecule has 0 aliphatic rings. The van der Waals surface area contributed by atoms with Gasteiger partial charge in [0.2, 0.25) is 0 Å². The van der Waals surface area contributed by atoms with Crippen LogP contribution in [-0.2, 0) is 9.59 Å². The van der Waals surface area contributed by atoms with E-state index in [-0.39, 0.29) is 40.1 Å². The average Bonchev–Trinajstić information content (AvgIpc) is 2.80. The zero-order valence-corrected chi connectivity index (χ0v) is 29.1. The first-order valence-corrected chi connectivity index (χ1v) is 15.6. The van der Waals surface area contributed by atoms with E-state index in [0.29, 0.717) is 0 Å². The van der Waals surface area contributed by atoms with Crippen LogP contribution < -0.4 is 10.2 Å². The zero-order valence-electron chi connectivity index (χ0n) is 25.3. The maximum atomic E-state index is 10.2. The van der Waals surface area contributed by atoms with Crippen molar-refractivity contribution in [3.05, 3.63) is 0 Å². The monoisotopic (exact) mass is 718 g/mol. The molecule has 0 unspecified atom stereocenters. The standard InChI is InChI=1S/2C16H32O2.Pb/c2*1-15(2)13-11-9-7-5-3-4-6-8-10-12-14-16(17)18;/h2*15H,3-14H2,1-2H3,(H,17,18);/q;;+2/p-2. The van der Waals surface area contributed by atoms with Crippen molar-refractivity contribution >= 4 is 39.2 Å². The van der Waals surface area contributed by atoms with Crippen LogP contribution in [0.3, 0.4) is 0 Å². The molecule has 0 spiro atoms. The molecule has 37 heavy (non-hydrogen) atoms. The van der Waals surface area contributed by atoms with Crippen LogP contribution in [0.1, 0.15) is 182 Å². The summed E-state index contributed by atoms with van der Waals surface area (Å²) in [5.74, 6) is -0.107. The Kier molecular flexibility index (Phi) is 37.9. The third-order valence-corrected chi connectivity index (χ3v) is 6.82. The summed E-state index contributed by atoms with van der Waals surface area (Å²) in [6, 6.07) is 0. The zero-order chi connectivity index (χ0) is 27.3. The van der Waals surface area contributed by atoms with Crippen LogP contribution in [-0.4, -0.2) is 39.2 Å². The van der Waals surface area contributed by atoms with Gasteiger partial charge in [-0.1, -0.05) is 156 Å². The number of carboxylic acid groups (broad SMARTS) is 2. The van der Waals surface area contributed by atoms with Crippen molar-refractivity contribution in [3.63, 3.8) is 0 Å². The van der Waals surface area contributed by atoms with Crippen molar-refractivity contribution in [3.8, 4) is 0 Å². The van der Waals surface area contributed by atoms with E-state index in [1.165, 1.54) is 116 Å². The van der Waals surface area contributed by atoms with Gasteiger partial charge < -0.3 is 19.8 Å². The molecular formula is C32H62O4Pb. The molecule has 2 radical (unpaired) electrons. The third kappa shape index (κ3) is 46.1. The van der Waals surface area contributed by atoms with E-state index in [2.05, 4.69) is 27.7 Å². The third-order valence-electron chi connectivity index (χ3n) is 6.82. The second-order valence-electron chi connectivity index (χ2n) is 11.7. The van der Waals surface area contributed by atoms with Crippen molar-refractivity contribution in [2.75, 3.05) is 0 Å². The number of aliphatic carboxylic acids is 2. The van der Waals surface area contributed by atoms with Gasteiger partial charge in [0, 0.05) is 11.9 Å². The first-order chi connectivity index (χ1) is 17.3. The number of carbonyl (C=O) groups excluding carboxylic acids is 2. The minimum Gasteiger partial charge on any atom is -0.550 e. The Labute approximate surface area is 251 Å². The van der Waals surface area contributed by atoms with Gasteiger partial charge in [-0.05, 0) is 37.5 Å². The van der Waals surface area contributed by atoms with Crippen molar-refractivity contribution in [2.24, 2.45) is 11.8 Å². The van der Waals surface area contributed by atoms with E-state index in [9.17, 15) is 19.8 Å². The fraction of sp³-hybridized carbons (Fsp3) is 0.938. The van der Waals surface area contributed by atoms with Crippen molar-refractivity contribution in [2.45, 2.75) is 182 Å². The molecule has 218 valence electrons. The summed E-state index contributed by atoms with van der Waals surface area (Å²) in [5, 5.41) is 20.4. The maximum absolute atomic E-state index is 10.2. The molecule has 0 saturated carbocycles. The van der Waals surface area contributed by atoms with Crippen LogP contribution in [0.5, 0.6) is 0 Å². The molecule has 0 amide bonds. The van der Waals surface area contributed by atoms with Gasteiger partial charge in [-0.2, -0.15) is 0 Å². The summed E-state index contributed by atoms with van der Waals surface area (Å²) in [7, 11) is 0. The van der Waals surface area contributed by atoms with Crippen LogP contribution in [0.4, 0.5) is 0 Å². The first kappa shape index (κ1) is 41.3. The van der Waals surface area contributed by atoms with E-state index >= 15 is 0 Å². The summed E-state index contributed by atoms with van der Waals surface area (Å²) in [4.78, 5) is 20.4. The Hall–Kier alpha value is -0.138. The quantitative estimate of drug-likeness (QED) is 0.0677. The fourth-order valence-corrected chi connectivity index (χ4v) is 4.47. The fourth-order valence-electron chi connectivity index (χ4n) is 4.47. The van der Waals surface area contributed by atoms with Crippen molar-refractivity contribution in [1.29, 1.82) is 0 Å². The Morgan fingerprint density at radius 3 is 0.784 bits per heavy atom. The van der Waals surface area contributed by atoms with E-state index in [1.807, 2.05) is 0 Å². The molecule has 0 atom stereocenters. The molecule has 0 bridgehead atoms. The largest absolute Gasteiger partial charge is 2.00 e. The number of carbonyl (C=O) groups is 2. The van der Waals surface area contributed by atoms with Gasteiger partial charge in [-0.25, -0.2) is 0 Å². The first-order valence-electron chi connectivity index (χ1n) is 15.6. The molecule has 0 N–H and O–H groups in total. The Morgan fingerprint density at radius 1 is 0.405 bits per heavy atom. The summed E-state index contributed by atoms with van der Waals surface area (Å²) in [6.07, 6.45) is 28.2. The van der Waals surface area contributed by atoms with Crippen LogP contribution in [0.2, 0.25) is 0 Å². The van der Waals surface area contributed by atoms with Crippen molar-refractivity contribution < 1.29 is 19.8 Å². The smallest absolute Gasteiger partial charge is 0.550 e. The van der Waals surface area contributed by atoms with E-state index in [4.69, 9.17) is 0 Å². The molecule has 4 nitrogen and oxygen atoms in total. The van der Waals surface area contributed by atoms with Gasteiger partial charge in [0.05, 0.1) is 0 Å². The molecule has 0 heterocycles. The molecule has 5 heteroatoms. The molecule has 0 aromatic heterocycles.